The molecule has 2 unspecified atom stereocenters. The Morgan fingerprint density at radius 2 is 0.633 bits per heavy atom. The summed E-state index contributed by atoms with van der Waals surface area (Å²) in [7, 11) is -1.14. The average molecular weight is 420 g/mol. The van der Waals surface area contributed by atoms with E-state index in [1.807, 2.05) is 0 Å². The first-order valence-corrected chi connectivity index (χ1v) is 13.0. The van der Waals surface area contributed by atoms with Crippen molar-refractivity contribution in [2.45, 2.75) is 0 Å². The molecule has 0 fully saturated rings. The Kier molecular flexibility index (Phi) is 5.71. The van der Waals surface area contributed by atoms with Crippen LogP contribution in [0.3, 0.4) is 0 Å². The summed E-state index contributed by atoms with van der Waals surface area (Å²) in [5.41, 5.74) is 2.67. The Morgan fingerprint density at radius 1 is 0.333 bits per heavy atom. The second-order valence-corrected chi connectivity index (χ2v) is 11.2. The molecular formula is C28H22P2. The van der Waals surface area contributed by atoms with E-state index in [1.165, 1.54) is 32.4 Å². The van der Waals surface area contributed by atoms with Gasteiger partial charge in [0.25, 0.3) is 0 Å². The molecule has 0 radical (unpaired) electrons. The molecule has 0 aliphatic carbocycles. The van der Waals surface area contributed by atoms with Gasteiger partial charge in [-0.1, -0.05) is 121 Å². The van der Waals surface area contributed by atoms with E-state index in [9.17, 15) is 0 Å². The molecule has 0 spiro atoms. The van der Waals surface area contributed by atoms with E-state index in [4.69, 9.17) is 0 Å². The maximum atomic E-state index is 2.57. The van der Waals surface area contributed by atoms with Crippen molar-refractivity contribution < 1.29 is 0 Å². The lowest BCUT2D eigenvalue weighted by atomic mass is 10.2. The van der Waals surface area contributed by atoms with Gasteiger partial charge in [0.05, 0.1) is 0 Å². The molecule has 1 aliphatic heterocycles. The molecule has 0 bridgehead atoms. The van der Waals surface area contributed by atoms with Gasteiger partial charge in [-0.2, -0.15) is 0 Å². The predicted molar refractivity (Wildman–Crippen MR) is 135 cm³/mol. The predicted octanol–water partition coefficient (Wildman–Crippen LogP) is 7.61. The van der Waals surface area contributed by atoms with Gasteiger partial charge in [0, 0.05) is 0 Å². The standard InChI is InChI=1S/C28H22P2/c1-5-13-23(14-6-1)27-21-30(26-19-11-4-12-20-26)28(24-15-7-2-8-16-24)22-29(27)25-17-9-3-10-18-25/h1-22H. The van der Waals surface area contributed by atoms with Crippen LogP contribution in [-0.2, 0) is 0 Å². The molecular weight excluding hydrogens is 398 g/mol. The highest BCUT2D eigenvalue weighted by Gasteiger charge is 2.27. The molecule has 4 aromatic carbocycles. The zero-order valence-electron chi connectivity index (χ0n) is 16.6. The monoisotopic (exact) mass is 420 g/mol. The van der Waals surface area contributed by atoms with E-state index < -0.39 is 15.8 Å². The van der Waals surface area contributed by atoms with Gasteiger partial charge in [-0.25, -0.2) is 0 Å². The van der Waals surface area contributed by atoms with Crippen LogP contribution in [-0.4, -0.2) is 0 Å². The summed E-state index contributed by atoms with van der Waals surface area (Å²) in [5.74, 6) is 5.14. The molecule has 30 heavy (non-hydrogen) atoms. The Balaban J connectivity index is 1.72. The number of benzene rings is 4. The molecule has 2 heteroatoms. The minimum atomic E-state index is -0.571. The highest BCUT2D eigenvalue weighted by atomic mass is 31.1. The largest absolute Gasteiger partial charge is 0.0622 e. The SMILES string of the molecule is C1=C(c2ccccc2)P(c2ccccc2)C=C(c2ccccc2)P1c1ccccc1. The zero-order chi connectivity index (χ0) is 20.2. The van der Waals surface area contributed by atoms with Gasteiger partial charge in [-0.05, 0) is 59.8 Å². The Morgan fingerprint density at radius 3 is 0.967 bits per heavy atom. The summed E-state index contributed by atoms with van der Waals surface area (Å²) in [4.78, 5) is 0. The van der Waals surface area contributed by atoms with E-state index in [0.29, 0.717) is 0 Å². The summed E-state index contributed by atoms with van der Waals surface area (Å²) in [5, 5.41) is 5.73. The van der Waals surface area contributed by atoms with E-state index in [0.717, 1.165) is 0 Å². The second-order valence-electron chi connectivity index (χ2n) is 7.17. The maximum Gasteiger partial charge on any atom is -0.00728 e. The molecule has 5 rings (SSSR count). The van der Waals surface area contributed by atoms with Crippen LogP contribution in [0.2, 0.25) is 0 Å². The highest BCUT2D eigenvalue weighted by Crippen LogP contribution is 2.66. The van der Waals surface area contributed by atoms with Crippen LogP contribution >= 0.6 is 15.8 Å². The molecule has 1 heterocycles. The lowest BCUT2D eigenvalue weighted by molar-refractivity contribution is 1.64. The molecule has 4 aromatic rings. The third-order valence-corrected chi connectivity index (χ3v) is 10.2. The first-order valence-electron chi connectivity index (χ1n) is 10.1. The van der Waals surface area contributed by atoms with Crippen molar-refractivity contribution in [2.75, 3.05) is 0 Å². The molecule has 0 amide bonds. The fourth-order valence-electron chi connectivity index (χ4n) is 3.76. The maximum absolute atomic E-state index is 2.57. The van der Waals surface area contributed by atoms with Crippen molar-refractivity contribution in [1.29, 1.82) is 0 Å². The van der Waals surface area contributed by atoms with Gasteiger partial charge in [0.1, 0.15) is 0 Å². The normalized spacial score (nSPS) is 18.4. The number of hydrogen-bond donors (Lipinski definition) is 0. The van der Waals surface area contributed by atoms with Gasteiger partial charge < -0.3 is 0 Å². The van der Waals surface area contributed by atoms with Crippen LogP contribution in [0.4, 0.5) is 0 Å². The van der Waals surface area contributed by atoms with Crippen LogP contribution in [0.15, 0.2) is 133 Å². The van der Waals surface area contributed by atoms with Crippen molar-refractivity contribution >= 4 is 37.1 Å². The van der Waals surface area contributed by atoms with Gasteiger partial charge in [-0.15, -0.1) is 0 Å². The molecule has 0 saturated heterocycles. The van der Waals surface area contributed by atoms with Crippen molar-refractivity contribution in [3.63, 3.8) is 0 Å². The zero-order valence-corrected chi connectivity index (χ0v) is 18.4. The van der Waals surface area contributed by atoms with Gasteiger partial charge in [0.2, 0.25) is 0 Å². The van der Waals surface area contributed by atoms with Crippen molar-refractivity contribution in [3.05, 3.63) is 144 Å². The quantitative estimate of drug-likeness (QED) is 0.298. The summed E-state index contributed by atoms with van der Waals surface area (Å²) in [6.07, 6.45) is 0. The van der Waals surface area contributed by atoms with Crippen LogP contribution in [0.1, 0.15) is 11.1 Å². The highest BCUT2D eigenvalue weighted by molar-refractivity contribution is 7.86. The first kappa shape index (κ1) is 19.2. The first-order chi connectivity index (χ1) is 14.9. The van der Waals surface area contributed by atoms with Crippen molar-refractivity contribution in [3.8, 4) is 0 Å². The van der Waals surface area contributed by atoms with E-state index in [-0.39, 0.29) is 0 Å². The van der Waals surface area contributed by atoms with Gasteiger partial charge in [0.15, 0.2) is 0 Å². The topological polar surface area (TPSA) is 0 Å². The molecule has 2 atom stereocenters. The minimum Gasteiger partial charge on any atom is -0.0622 e. The molecule has 0 saturated carbocycles. The minimum absolute atomic E-state index is 0.571. The summed E-state index contributed by atoms with van der Waals surface area (Å²) in [6.45, 7) is 0. The molecule has 1 aliphatic rings. The Bertz CT molecular complexity index is 1070. The summed E-state index contributed by atoms with van der Waals surface area (Å²) in [6, 6.07) is 43.8. The lowest BCUT2D eigenvalue weighted by Gasteiger charge is -2.30. The average Bonchev–Trinajstić information content (AvgIpc) is 2.85. The summed E-state index contributed by atoms with van der Waals surface area (Å²) >= 11 is 0. The fourth-order valence-corrected chi connectivity index (χ4v) is 9.21. The lowest BCUT2D eigenvalue weighted by Crippen LogP contribution is -2.07. The molecule has 0 aromatic heterocycles. The molecule has 0 nitrogen and oxygen atoms in total. The fraction of sp³-hybridized carbons (Fsp3) is 0. The second kappa shape index (κ2) is 8.93. The van der Waals surface area contributed by atoms with Crippen molar-refractivity contribution in [1.82, 2.24) is 0 Å². The van der Waals surface area contributed by atoms with E-state index in [2.05, 4.69) is 133 Å². The van der Waals surface area contributed by atoms with E-state index in [1.54, 1.807) is 0 Å². The van der Waals surface area contributed by atoms with Crippen LogP contribution in [0.5, 0.6) is 0 Å². The molecule has 144 valence electrons. The smallest absolute Gasteiger partial charge is 0.00728 e. The summed E-state index contributed by atoms with van der Waals surface area (Å²) < 4.78 is 0. The van der Waals surface area contributed by atoms with Gasteiger partial charge in [-0.3, -0.25) is 0 Å². The Hall–Kier alpha value is -2.78. The third-order valence-electron chi connectivity index (χ3n) is 5.23. The third kappa shape index (κ3) is 3.95. The Labute approximate surface area is 181 Å². The number of hydrogen-bond acceptors (Lipinski definition) is 0. The van der Waals surface area contributed by atoms with E-state index >= 15 is 0 Å². The van der Waals surface area contributed by atoms with Crippen LogP contribution in [0.25, 0.3) is 10.6 Å². The number of rotatable bonds is 4. The van der Waals surface area contributed by atoms with Crippen LogP contribution < -0.4 is 10.6 Å². The van der Waals surface area contributed by atoms with Crippen molar-refractivity contribution in [2.24, 2.45) is 0 Å². The van der Waals surface area contributed by atoms with Gasteiger partial charge >= 0.3 is 0 Å². The molecule has 0 N–H and O–H groups in total. The van der Waals surface area contributed by atoms with Crippen LogP contribution in [0, 0.1) is 0 Å².